The highest BCUT2D eigenvalue weighted by molar-refractivity contribution is 14.0. The van der Waals surface area contributed by atoms with E-state index in [0.717, 1.165) is 57.5 Å². The van der Waals surface area contributed by atoms with E-state index in [2.05, 4.69) is 44.8 Å². The number of rotatable bonds is 10. The zero-order valence-corrected chi connectivity index (χ0v) is 22.0. The van der Waals surface area contributed by atoms with Crippen molar-refractivity contribution in [3.8, 4) is 5.75 Å². The quantitative estimate of drug-likeness (QED) is 0.232. The van der Waals surface area contributed by atoms with Gasteiger partial charge in [0.25, 0.3) is 0 Å². The number of nitrogens with zero attached hydrogens (tertiary/aromatic N) is 2. The Morgan fingerprint density at radius 1 is 1.19 bits per heavy atom. The van der Waals surface area contributed by atoms with Crippen LogP contribution in [0, 0.1) is 0 Å². The number of β-amino-alcohol motifs (C(OH)–C–C–N with tert-alkyl or cyclic N) is 1. The first-order valence-electron chi connectivity index (χ1n) is 11.8. The van der Waals surface area contributed by atoms with Crippen molar-refractivity contribution < 1.29 is 14.6 Å². The van der Waals surface area contributed by atoms with Gasteiger partial charge in [-0.05, 0) is 63.6 Å². The maximum Gasteiger partial charge on any atom is 0.191 e. The van der Waals surface area contributed by atoms with Gasteiger partial charge in [0, 0.05) is 32.7 Å². The second kappa shape index (κ2) is 14.2. The van der Waals surface area contributed by atoms with E-state index in [1.54, 1.807) is 0 Å². The van der Waals surface area contributed by atoms with E-state index in [1.165, 1.54) is 31.2 Å². The highest BCUT2D eigenvalue weighted by Crippen LogP contribution is 2.24. The minimum Gasteiger partial charge on any atom is -0.490 e. The Balaban J connectivity index is 0.00000363. The fourth-order valence-corrected chi connectivity index (χ4v) is 4.14. The molecule has 2 fully saturated rings. The highest BCUT2D eigenvalue weighted by atomic mass is 127. The zero-order valence-electron chi connectivity index (χ0n) is 19.6. The first kappa shape index (κ1) is 27.1. The third-order valence-electron chi connectivity index (χ3n) is 5.82. The minimum absolute atomic E-state index is 0. The molecular weight excluding hydrogens is 519 g/mol. The maximum atomic E-state index is 10.8. The lowest BCUT2D eigenvalue weighted by molar-refractivity contribution is -0.0179. The van der Waals surface area contributed by atoms with E-state index >= 15 is 0 Å². The van der Waals surface area contributed by atoms with Crippen molar-refractivity contribution in [3.05, 3.63) is 29.8 Å². The van der Waals surface area contributed by atoms with Crippen molar-refractivity contribution in [2.24, 2.45) is 4.99 Å². The van der Waals surface area contributed by atoms with Gasteiger partial charge in [-0.2, -0.15) is 0 Å². The van der Waals surface area contributed by atoms with Crippen LogP contribution in [0.3, 0.4) is 0 Å². The zero-order chi connectivity index (χ0) is 21.9. The van der Waals surface area contributed by atoms with Crippen LogP contribution in [-0.4, -0.2) is 80.2 Å². The average molecular weight is 561 g/mol. The molecule has 1 saturated heterocycles. The van der Waals surface area contributed by atoms with Crippen molar-refractivity contribution in [1.82, 2.24) is 15.5 Å². The molecule has 1 aliphatic carbocycles. The summed E-state index contributed by atoms with van der Waals surface area (Å²) in [6.07, 6.45) is 6.22. The van der Waals surface area contributed by atoms with Crippen LogP contribution in [0.25, 0.3) is 0 Å². The molecule has 1 aromatic carbocycles. The van der Waals surface area contributed by atoms with Crippen molar-refractivity contribution in [3.63, 3.8) is 0 Å². The summed E-state index contributed by atoms with van der Waals surface area (Å²) >= 11 is 0. The summed E-state index contributed by atoms with van der Waals surface area (Å²) < 4.78 is 11.4. The first-order chi connectivity index (χ1) is 15.0. The Morgan fingerprint density at radius 2 is 1.88 bits per heavy atom. The minimum atomic E-state index is -0.866. The molecule has 2 aliphatic rings. The molecule has 3 rings (SSSR count). The number of halogens is 1. The SMILES string of the molecule is CCNC(=NCC(C)(O)CN1CCOCC1)NCCc1ccc(OC2CCCC2)cc1.I. The summed E-state index contributed by atoms with van der Waals surface area (Å²) in [5, 5.41) is 17.4. The lowest BCUT2D eigenvalue weighted by Gasteiger charge is -2.33. The molecule has 1 saturated carbocycles. The Hall–Kier alpha value is -1.10. The largest absolute Gasteiger partial charge is 0.490 e. The Bertz CT molecular complexity index is 672. The molecule has 182 valence electrons. The molecule has 0 radical (unpaired) electrons. The van der Waals surface area contributed by atoms with Gasteiger partial charge in [-0.1, -0.05) is 12.1 Å². The van der Waals surface area contributed by atoms with Crippen LogP contribution >= 0.6 is 24.0 Å². The number of hydrogen-bond donors (Lipinski definition) is 3. The first-order valence-corrected chi connectivity index (χ1v) is 11.8. The molecule has 1 aromatic rings. The van der Waals surface area contributed by atoms with Crippen molar-refractivity contribution in [2.45, 2.75) is 57.7 Å². The monoisotopic (exact) mass is 560 g/mol. The predicted octanol–water partition coefficient (Wildman–Crippen LogP) is 2.81. The van der Waals surface area contributed by atoms with Crippen LogP contribution in [0.2, 0.25) is 0 Å². The van der Waals surface area contributed by atoms with Gasteiger partial charge in [0.15, 0.2) is 5.96 Å². The molecule has 1 unspecified atom stereocenters. The summed E-state index contributed by atoms with van der Waals surface area (Å²) in [7, 11) is 0. The van der Waals surface area contributed by atoms with E-state index in [0.29, 0.717) is 19.2 Å². The van der Waals surface area contributed by atoms with Gasteiger partial charge in [-0.25, -0.2) is 0 Å². The molecule has 1 aliphatic heterocycles. The van der Waals surface area contributed by atoms with Gasteiger partial charge in [0.05, 0.1) is 31.5 Å². The third kappa shape index (κ3) is 9.80. The van der Waals surface area contributed by atoms with E-state index in [9.17, 15) is 5.11 Å². The number of nitrogens with one attached hydrogen (secondary N) is 2. The lowest BCUT2D eigenvalue weighted by Crippen LogP contribution is -2.48. The summed E-state index contributed by atoms with van der Waals surface area (Å²) in [5.74, 6) is 1.71. The molecule has 0 amide bonds. The van der Waals surface area contributed by atoms with Gasteiger partial charge in [-0.15, -0.1) is 24.0 Å². The molecule has 1 heterocycles. The summed E-state index contributed by atoms with van der Waals surface area (Å²) in [5.41, 5.74) is 0.399. The van der Waals surface area contributed by atoms with Crippen molar-refractivity contribution >= 4 is 29.9 Å². The second-order valence-corrected chi connectivity index (χ2v) is 8.93. The van der Waals surface area contributed by atoms with Gasteiger partial charge < -0.3 is 25.2 Å². The summed E-state index contributed by atoms with van der Waals surface area (Å²) in [6, 6.07) is 8.44. The van der Waals surface area contributed by atoms with Crippen LogP contribution in [-0.2, 0) is 11.2 Å². The van der Waals surface area contributed by atoms with Gasteiger partial charge >= 0.3 is 0 Å². The number of benzene rings is 1. The topological polar surface area (TPSA) is 78.4 Å². The molecule has 1 atom stereocenters. The predicted molar refractivity (Wildman–Crippen MR) is 140 cm³/mol. The third-order valence-corrected chi connectivity index (χ3v) is 5.82. The van der Waals surface area contributed by atoms with Crippen molar-refractivity contribution in [2.75, 3.05) is 52.5 Å². The van der Waals surface area contributed by atoms with E-state index in [-0.39, 0.29) is 24.0 Å². The standard InChI is InChI=1S/C24H40N4O3.HI/c1-3-25-23(27-18-24(2,29)19-28-14-16-30-17-15-28)26-13-12-20-8-10-22(11-9-20)31-21-6-4-5-7-21;/h8-11,21,29H,3-7,12-19H2,1-2H3,(H2,25,26,27);1H. The molecule has 32 heavy (non-hydrogen) atoms. The van der Waals surface area contributed by atoms with Crippen LogP contribution < -0.4 is 15.4 Å². The van der Waals surface area contributed by atoms with E-state index in [1.807, 2.05) is 13.8 Å². The number of aliphatic hydroxyl groups is 1. The van der Waals surface area contributed by atoms with E-state index < -0.39 is 5.60 Å². The number of hydrogen-bond acceptors (Lipinski definition) is 5. The molecule has 0 spiro atoms. The average Bonchev–Trinajstić information content (AvgIpc) is 3.27. The smallest absolute Gasteiger partial charge is 0.191 e. The highest BCUT2D eigenvalue weighted by Gasteiger charge is 2.25. The van der Waals surface area contributed by atoms with Crippen molar-refractivity contribution in [1.29, 1.82) is 0 Å². The normalized spacial score (nSPS) is 19.8. The second-order valence-electron chi connectivity index (χ2n) is 8.93. The molecule has 7 nitrogen and oxygen atoms in total. The number of morpholine rings is 1. The molecule has 0 aromatic heterocycles. The molecule has 0 bridgehead atoms. The van der Waals surface area contributed by atoms with Gasteiger partial charge in [0.2, 0.25) is 0 Å². The van der Waals surface area contributed by atoms with Crippen LogP contribution in [0.1, 0.15) is 45.1 Å². The number of aliphatic imine (C=N–C) groups is 1. The summed E-state index contributed by atoms with van der Waals surface area (Å²) in [6.45, 7) is 9.61. The number of ether oxygens (including phenoxy) is 2. The Morgan fingerprint density at radius 3 is 2.53 bits per heavy atom. The Kier molecular flexibility index (Phi) is 12.1. The van der Waals surface area contributed by atoms with Gasteiger partial charge in [0.1, 0.15) is 5.75 Å². The Labute approximate surface area is 210 Å². The maximum absolute atomic E-state index is 10.8. The van der Waals surface area contributed by atoms with Gasteiger partial charge in [-0.3, -0.25) is 9.89 Å². The molecule has 3 N–H and O–H groups in total. The van der Waals surface area contributed by atoms with Crippen LogP contribution in [0.5, 0.6) is 5.75 Å². The van der Waals surface area contributed by atoms with Crippen LogP contribution in [0.15, 0.2) is 29.3 Å². The number of guanidine groups is 1. The van der Waals surface area contributed by atoms with Crippen LogP contribution in [0.4, 0.5) is 0 Å². The lowest BCUT2D eigenvalue weighted by atomic mass is 10.1. The molecular formula is C24H41IN4O3. The summed E-state index contributed by atoms with van der Waals surface area (Å²) in [4.78, 5) is 6.86. The fraction of sp³-hybridized carbons (Fsp3) is 0.708. The fourth-order valence-electron chi connectivity index (χ4n) is 4.14. The van der Waals surface area contributed by atoms with E-state index in [4.69, 9.17) is 9.47 Å². The molecule has 8 heteroatoms.